The van der Waals surface area contributed by atoms with Gasteiger partial charge in [0.1, 0.15) is 0 Å². The maximum Gasteiger partial charge on any atom is 0.244 e. The highest BCUT2D eigenvalue weighted by Gasteiger charge is 2.50. The van der Waals surface area contributed by atoms with Gasteiger partial charge in [0.2, 0.25) is 15.9 Å². The number of piperidine rings is 1. The second-order valence-electron chi connectivity index (χ2n) is 11.4. The topological polar surface area (TPSA) is 78.8 Å². The van der Waals surface area contributed by atoms with Crippen molar-refractivity contribution < 1.29 is 13.2 Å². The Morgan fingerprint density at radius 1 is 1.09 bits per heavy atom. The highest BCUT2D eigenvalue weighted by Crippen LogP contribution is 2.61. The Labute approximate surface area is 198 Å². The largest absolute Gasteiger partial charge is 0.273 e. The first-order valence-corrected chi connectivity index (χ1v) is 14.1. The van der Waals surface area contributed by atoms with Crippen LogP contribution < -0.4 is 5.43 Å². The number of nitrogens with one attached hydrogen (secondary N) is 1. The van der Waals surface area contributed by atoms with E-state index in [1.54, 1.807) is 12.1 Å². The average Bonchev–Trinajstić information content (AvgIpc) is 2.76. The van der Waals surface area contributed by atoms with Crippen molar-refractivity contribution in [2.45, 2.75) is 76.5 Å². The molecular weight excluding hydrogens is 434 g/mol. The fourth-order valence-electron chi connectivity index (χ4n) is 7.56. The number of carbonyl (C=O) groups is 1. The van der Waals surface area contributed by atoms with E-state index in [0.29, 0.717) is 29.7 Å². The zero-order valence-electron chi connectivity index (χ0n) is 19.9. The van der Waals surface area contributed by atoms with E-state index in [4.69, 9.17) is 0 Å². The Balaban J connectivity index is 1.19. The summed E-state index contributed by atoms with van der Waals surface area (Å²) in [6.07, 6.45) is 10.6. The van der Waals surface area contributed by atoms with E-state index >= 15 is 0 Å². The molecule has 5 aliphatic rings. The van der Waals surface area contributed by atoms with Gasteiger partial charge in [0.05, 0.1) is 10.8 Å². The lowest BCUT2D eigenvalue weighted by atomic mass is 9.48. The number of amides is 1. The number of rotatable bonds is 6. The molecule has 4 aliphatic carbocycles. The smallest absolute Gasteiger partial charge is 0.244 e. The number of nitrogens with zero attached hydrogens (tertiary/aromatic N) is 2. The normalized spacial score (nSPS) is 34.4. The number of sulfonamides is 1. The molecule has 0 spiro atoms. The molecule has 1 N–H and O–H groups in total. The third kappa shape index (κ3) is 4.76. The number of aryl methyl sites for hydroxylation is 1. The predicted molar refractivity (Wildman–Crippen MR) is 129 cm³/mol. The molecule has 0 radical (unpaired) electrons. The van der Waals surface area contributed by atoms with Crippen LogP contribution in [0.4, 0.5) is 0 Å². The van der Waals surface area contributed by atoms with Crippen molar-refractivity contribution >= 4 is 21.6 Å². The van der Waals surface area contributed by atoms with Crippen molar-refractivity contribution in [2.75, 3.05) is 13.1 Å². The van der Waals surface area contributed by atoms with E-state index in [-0.39, 0.29) is 18.4 Å². The van der Waals surface area contributed by atoms with E-state index in [2.05, 4.69) is 10.5 Å². The zero-order chi connectivity index (χ0) is 23.2. The number of hydrogen-bond acceptors (Lipinski definition) is 4. The van der Waals surface area contributed by atoms with Crippen LogP contribution in [0.15, 0.2) is 34.3 Å². The van der Waals surface area contributed by atoms with Gasteiger partial charge in [-0.15, -0.1) is 0 Å². The summed E-state index contributed by atoms with van der Waals surface area (Å²) in [5.41, 5.74) is 5.21. The molecule has 7 heteroatoms. The number of hydrogen-bond donors (Lipinski definition) is 1. The van der Waals surface area contributed by atoms with E-state index in [1.165, 1.54) is 42.8 Å². The molecule has 0 unspecified atom stereocenters. The van der Waals surface area contributed by atoms with Gasteiger partial charge < -0.3 is 0 Å². The second kappa shape index (κ2) is 8.81. The van der Waals surface area contributed by atoms with Crippen molar-refractivity contribution in [3.8, 4) is 0 Å². The molecule has 0 aromatic heterocycles. The molecule has 4 bridgehead atoms. The lowest BCUT2D eigenvalue weighted by Gasteiger charge is -2.57. The first-order chi connectivity index (χ1) is 15.7. The summed E-state index contributed by atoms with van der Waals surface area (Å²) in [5, 5.41) is 4.48. The Hall–Kier alpha value is -1.73. The number of carbonyl (C=O) groups excluding carboxylic acids is 1. The van der Waals surface area contributed by atoms with Crippen molar-refractivity contribution in [1.82, 2.24) is 9.73 Å². The Bertz CT molecular complexity index is 996. The Kier molecular flexibility index (Phi) is 6.15. The van der Waals surface area contributed by atoms with Crippen LogP contribution in [-0.4, -0.2) is 37.4 Å². The van der Waals surface area contributed by atoms with Gasteiger partial charge in [0.25, 0.3) is 0 Å². The van der Waals surface area contributed by atoms with E-state index in [1.807, 2.05) is 26.0 Å². The lowest BCUT2D eigenvalue weighted by molar-refractivity contribution is -0.126. The minimum atomic E-state index is -3.59. The van der Waals surface area contributed by atoms with Gasteiger partial charge in [-0.1, -0.05) is 17.7 Å². The van der Waals surface area contributed by atoms with Gasteiger partial charge in [-0.2, -0.15) is 9.41 Å². The van der Waals surface area contributed by atoms with E-state index < -0.39 is 10.0 Å². The van der Waals surface area contributed by atoms with Gasteiger partial charge in [0, 0.05) is 18.8 Å². The van der Waals surface area contributed by atoms with Gasteiger partial charge in [-0.25, -0.2) is 13.8 Å². The summed E-state index contributed by atoms with van der Waals surface area (Å²) < 4.78 is 27.6. The maximum absolute atomic E-state index is 13.1. The summed E-state index contributed by atoms with van der Waals surface area (Å²) in [5.74, 6) is 2.19. The third-order valence-electron chi connectivity index (χ3n) is 8.57. The van der Waals surface area contributed by atoms with Crippen LogP contribution in [-0.2, 0) is 14.8 Å². The molecule has 1 amide bonds. The van der Waals surface area contributed by atoms with Crippen molar-refractivity contribution in [1.29, 1.82) is 0 Å². The molecule has 33 heavy (non-hydrogen) atoms. The Morgan fingerprint density at radius 3 is 2.30 bits per heavy atom. The fraction of sp³-hybridized carbons (Fsp3) is 0.692. The van der Waals surface area contributed by atoms with Crippen LogP contribution in [0.1, 0.15) is 70.3 Å². The number of benzene rings is 1. The zero-order valence-corrected chi connectivity index (χ0v) is 20.7. The SMILES string of the molecule is C/C(CC12CC3CC(CC(C3)C1)C2)=N\NC(=O)[C@H]1CCCN(S(=O)(=O)c2ccc(C)cc2)C1. The molecule has 1 saturated heterocycles. The molecule has 1 heterocycles. The van der Waals surface area contributed by atoms with Crippen LogP contribution in [0.3, 0.4) is 0 Å². The maximum atomic E-state index is 13.1. The predicted octanol–water partition coefficient (Wildman–Crippen LogP) is 4.49. The highest BCUT2D eigenvalue weighted by atomic mass is 32.2. The van der Waals surface area contributed by atoms with Gasteiger partial charge in [0.15, 0.2) is 0 Å². The second-order valence-corrected chi connectivity index (χ2v) is 13.4. The summed E-state index contributed by atoms with van der Waals surface area (Å²) in [7, 11) is -3.59. The molecular formula is C26H37N3O3S. The van der Waals surface area contributed by atoms with Crippen molar-refractivity contribution in [2.24, 2.45) is 34.2 Å². The molecule has 1 aromatic rings. The first-order valence-electron chi connectivity index (χ1n) is 12.6. The minimum absolute atomic E-state index is 0.163. The Morgan fingerprint density at radius 2 is 1.70 bits per heavy atom. The van der Waals surface area contributed by atoms with Crippen LogP contribution >= 0.6 is 0 Å². The summed E-state index contributed by atoms with van der Waals surface area (Å²) >= 11 is 0. The summed E-state index contributed by atoms with van der Waals surface area (Å²) in [6.45, 7) is 4.64. The molecule has 1 aromatic carbocycles. The molecule has 1 aliphatic heterocycles. The van der Waals surface area contributed by atoms with Crippen LogP contribution in [0.5, 0.6) is 0 Å². The fourth-order valence-corrected chi connectivity index (χ4v) is 9.09. The van der Waals surface area contributed by atoms with Gasteiger partial charge >= 0.3 is 0 Å². The molecule has 6 rings (SSSR count). The quantitative estimate of drug-likeness (QED) is 0.490. The summed E-state index contributed by atoms with van der Waals surface area (Å²) in [4.78, 5) is 13.2. The molecule has 180 valence electrons. The highest BCUT2D eigenvalue weighted by molar-refractivity contribution is 7.89. The molecule has 6 nitrogen and oxygen atoms in total. The molecule has 1 atom stereocenters. The average molecular weight is 472 g/mol. The lowest BCUT2D eigenvalue weighted by Crippen LogP contribution is -2.47. The minimum Gasteiger partial charge on any atom is -0.273 e. The van der Waals surface area contributed by atoms with Gasteiger partial charge in [-0.05, 0) is 107 Å². The molecule has 5 fully saturated rings. The van der Waals surface area contributed by atoms with E-state index in [0.717, 1.165) is 35.4 Å². The summed E-state index contributed by atoms with van der Waals surface area (Å²) in [6, 6.07) is 6.91. The first kappa shape index (κ1) is 23.0. The standard InChI is InChI=1S/C26H37N3O3S/c1-18-5-7-24(8-6-18)33(31,32)29-9-3-4-23(17-29)25(30)28-27-19(2)13-26-14-20-10-21(15-26)12-22(11-20)16-26/h5-8,20-23H,3-4,9-17H2,1-2H3,(H,28,30)/b27-19+/t20?,21?,22?,23-,26?/m0/s1. The van der Waals surface area contributed by atoms with E-state index in [9.17, 15) is 13.2 Å². The van der Waals surface area contributed by atoms with Crippen molar-refractivity contribution in [3.63, 3.8) is 0 Å². The van der Waals surface area contributed by atoms with Crippen LogP contribution in [0.25, 0.3) is 0 Å². The van der Waals surface area contributed by atoms with Crippen LogP contribution in [0.2, 0.25) is 0 Å². The van der Waals surface area contributed by atoms with Crippen LogP contribution in [0, 0.1) is 36.0 Å². The van der Waals surface area contributed by atoms with Gasteiger partial charge in [-0.3, -0.25) is 4.79 Å². The molecule has 4 saturated carbocycles. The number of hydrazone groups is 1. The van der Waals surface area contributed by atoms with Crippen molar-refractivity contribution in [3.05, 3.63) is 29.8 Å². The monoisotopic (exact) mass is 471 g/mol. The third-order valence-corrected chi connectivity index (χ3v) is 10.4.